The molecule has 0 spiro atoms. The van der Waals surface area contributed by atoms with Crippen molar-refractivity contribution < 1.29 is 13.6 Å². The molecular formula is C18H14F2N4O. The first kappa shape index (κ1) is 16.6. The molecule has 1 amide bonds. The maximum Gasteiger partial charge on any atom is 0.224 e. The van der Waals surface area contributed by atoms with E-state index in [1.165, 1.54) is 12.3 Å². The monoisotopic (exact) mass is 340 g/mol. The number of nitrogens with zero attached hydrogens (tertiary/aromatic N) is 3. The van der Waals surface area contributed by atoms with Crippen LogP contribution < -0.4 is 5.32 Å². The molecule has 1 aromatic carbocycles. The van der Waals surface area contributed by atoms with Gasteiger partial charge in [-0.25, -0.2) is 8.78 Å². The van der Waals surface area contributed by atoms with Crippen LogP contribution in [0.1, 0.15) is 11.3 Å². The minimum atomic E-state index is -0.745. The Morgan fingerprint density at radius 1 is 1.08 bits per heavy atom. The predicted molar refractivity (Wildman–Crippen MR) is 87.2 cm³/mol. The van der Waals surface area contributed by atoms with Crippen LogP contribution >= 0.6 is 0 Å². The zero-order valence-electron chi connectivity index (χ0n) is 13.1. The van der Waals surface area contributed by atoms with E-state index in [1.54, 1.807) is 24.7 Å². The Kier molecular flexibility index (Phi) is 5.03. The van der Waals surface area contributed by atoms with Crippen molar-refractivity contribution >= 4 is 5.91 Å². The van der Waals surface area contributed by atoms with Crippen molar-refractivity contribution in [3.05, 3.63) is 78.0 Å². The summed E-state index contributed by atoms with van der Waals surface area (Å²) in [6, 6.07) is 6.76. The van der Waals surface area contributed by atoms with Crippen molar-refractivity contribution in [2.75, 3.05) is 0 Å². The summed E-state index contributed by atoms with van der Waals surface area (Å²) in [5.74, 6) is -1.82. The lowest BCUT2D eigenvalue weighted by molar-refractivity contribution is -0.120. The molecule has 5 nitrogen and oxygen atoms in total. The van der Waals surface area contributed by atoms with Crippen LogP contribution in [-0.4, -0.2) is 20.9 Å². The van der Waals surface area contributed by atoms with Gasteiger partial charge >= 0.3 is 0 Å². The maximum atomic E-state index is 13.6. The highest BCUT2D eigenvalue weighted by atomic mass is 19.1. The van der Waals surface area contributed by atoms with Crippen LogP contribution in [0.15, 0.2) is 55.1 Å². The first-order valence-electron chi connectivity index (χ1n) is 7.54. The van der Waals surface area contributed by atoms with E-state index >= 15 is 0 Å². The summed E-state index contributed by atoms with van der Waals surface area (Å²) in [6.45, 7) is 0.139. The molecule has 2 aromatic heterocycles. The van der Waals surface area contributed by atoms with Gasteiger partial charge in [-0.05, 0) is 23.8 Å². The Balaban J connectivity index is 1.69. The number of rotatable bonds is 5. The number of hydrogen-bond donors (Lipinski definition) is 1. The molecule has 0 fully saturated rings. The van der Waals surface area contributed by atoms with Gasteiger partial charge in [0.25, 0.3) is 0 Å². The number of halogens is 2. The summed E-state index contributed by atoms with van der Waals surface area (Å²) in [5.41, 5.74) is 2.10. The number of pyridine rings is 1. The number of nitrogens with one attached hydrogen (secondary N) is 1. The summed E-state index contributed by atoms with van der Waals surface area (Å²) in [5, 5.41) is 2.68. The Hall–Kier alpha value is -3.22. The van der Waals surface area contributed by atoms with E-state index in [4.69, 9.17) is 0 Å². The van der Waals surface area contributed by atoms with Gasteiger partial charge in [0.05, 0.1) is 24.4 Å². The molecule has 0 saturated carbocycles. The highest BCUT2D eigenvalue weighted by Crippen LogP contribution is 2.18. The Labute approximate surface area is 142 Å². The predicted octanol–water partition coefficient (Wildman–Crippen LogP) is 2.68. The van der Waals surface area contributed by atoms with Gasteiger partial charge in [0.1, 0.15) is 11.6 Å². The highest BCUT2D eigenvalue weighted by Gasteiger charge is 2.12. The van der Waals surface area contributed by atoms with E-state index in [9.17, 15) is 13.6 Å². The summed E-state index contributed by atoms with van der Waals surface area (Å²) >= 11 is 0. The van der Waals surface area contributed by atoms with Gasteiger partial charge in [-0.3, -0.25) is 19.7 Å². The second-order valence-electron chi connectivity index (χ2n) is 5.28. The third-order valence-electron chi connectivity index (χ3n) is 3.53. The Bertz CT molecular complexity index is 887. The lowest BCUT2D eigenvalue weighted by Crippen LogP contribution is -2.25. The van der Waals surface area contributed by atoms with E-state index in [1.807, 2.05) is 6.07 Å². The number of benzene rings is 1. The van der Waals surface area contributed by atoms with Gasteiger partial charge < -0.3 is 5.32 Å². The van der Waals surface area contributed by atoms with Crippen LogP contribution in [0, 0.1) is 11.6 Å². The number of amides is 1. The van der Waals surface area contributed by atoms with Crippen molar-refractivity contribution in [2.24, 2.45) is 0 Å². The normalized spacial score (nSPS) is 10.5. The van der Waals surface area contributed by atoms with E-state index < -0.39 is 17.5 Å². The van der Waals surface area contributed by atoms with E-state index in [-0.39, 0.29) is 18.5 Å². The fourth-order valence-electron chi connectivity index (χ4n) is 2.32. The summed E-state index contributed by atoms with van der Waals surface area (Å²) in [7, 11) is 0. The van der Waals surface area contributed by atoms with Crippen LogP contribution in [0.2, 0.25) is 0 Å². The van der Waals surface area contributed by atoms with Crippen molar-refractivity contribution in [1.29, 1.82) is 0 Å². The average molecular weight is 340 g/mol. The molecule has 0 aliphatic rings. The lowest BCUT2D eigenvalue weighted by atomic mass is 10.1. The van der Waals surface area contributed by atoms with E-state index in [0.29, 0.717) is 11.4 Å². The smallest absolute Gasteiger partial charge is 0.224 e. The minimum absolute atomic E-state index is 0.130. The molecule has 0 unspecified atom stereocenters. The summed E-state index contributed by atoms with van der Waals surface area (Å²) in [6.07, 6.45) is 6.21. The molecule has 0 radical (unpaired) electrons. The minimum Gasteiger partial charge on any atom is -0.350 e. The topological polar surface area (TPSA) is 67.8 Å². The molecule has 25 heavy (non-hydrogen) atoms. The third kappa shape index (κ3) is 4.20. The molecule has 0 atom stereocenters. The second-order valence-corrected chi connectivity index (χ2v) is 5.28. The van der Waals surface area contributed by atoms with Crippen molar-refractivity contribution in [3.63, 3.8) is 0 Å². The van der Waals surface area contributed by atoms with Gasteiger partial charge in [0.15, 0.2) is 0 Å². The quantitative estimate of drug-likeness (QED) is 0.775. The SMILES string of the molecule is O=C(Cc1ccc(F)cc1F)NCc1nccnc1-c1cccnc1. The molecule has 0 aliphatic carbocycles. The second kappa shape index (κ2) is 7.57. The first-order valence-corrected chi connectivity index (χ1v) is 7.54. The van der Waals surface area contributed by atoms with Gasteiger partial charge in [-0.15, -0.1) is 0 Å². The highest BCUT2D eigenvalue weighted by molar-refractivity contribution is 5.78. The van der Waals surface area contributed by atoms with E-state index in [0.717, 1.165) is 17.7 Å². The van der Waals surface area contributed by atoms with Crippen LogP contribution in [0.4, 0.5) is 8.78 Å². The lowest BCUT2D eigenvalue weighted by Gasteiger charge is -2.09. The third-order valence-corrected chi connectivity index (χ3v) is 3.53. The Morgan fingerprint density at radius 2 is 1.92 bits per heavy atom. The largest absolute Gasteiger partial charge is 0.350 e. The Morgan fingerprint density at radius 3 is 2.68 bits per heavy atom. The molecular weight excluding hydrogens is 326 g/mol. The average Bonchev–Trinajstić information content (AvgIpc) is 2.63. The first-order chi connectivity index (χ1) is 12.1. The van der Waals surface area contributed by atoms with Crippen molar-refractivity contribution in [3.8, 4) is 11.3 Å². The van der Waals surface area contributed by atoms with E-state index in [2.05, 4.69) is 20.3 Å². The number of hydrogen-bond acceptors (Lipinski definition) is 4. The van der Waals surface area contributed by atoms with Crippen molar-refractivity contribution in [2.45, 2.75) is 13.0 Å². The number of carbonyl (C=O) groups excluding carboxylic acids is 1. The fourth-order valence-corrected chi connectivity index (χ4v) is 2.32. The maximum absolute atomic E-state index is 13.6. The number of carbonyl (C=O) groups is 1. The summed E-state index contributed by atoms with van der Waals surface area (Å²) in [4.78, 5) is 24.6. The molecule has 0 aliphatic heterocycles. The zero-order chi connectivity index (χ0) is 17.6. The molecule has 3 aromatic rings. The van der Waals surface area contributed by atoms with Gasteiger partial charge in [0.2, 0.25) is 5.91 Å². The summed E-state index contributed by atoms with van der Waals surface area (Å²) < 4.78 is 26.5. The molecule has 2 heterocycles. The molecule has 7 heteroatoms. The molecule has 126 valence electrons. The van der Waals surface area contributed by atoms with Crippen LogP contribution in [-0.2, 0) is 17.8 Å². The van der Waals surface area contributed by atoms with Crippen LogP contribution in [0.25, 0.3) is 11.3 Å². The van der Waals surface area contributed by atoms with Gasteiger partial charge in [-0.2, -0.15) is 0 Å². The van der Waals surface area contributed by atoms with Gasteiger partial charge in [0, 0.05) is 36.4 Å². The molecule has 0 bridgehead atoms. The molecule has 1 N–H and O–H groups in total. The van der Waals surface area contributed by atoms with Gasteiger partial charge in [-0.1, -0.05) is 6.07 Å². The fraction of sp³-hybridized carbons (Fsp3) is 0.111. The van der Waals surface area contributed by atoms with Crippen molar-refractivity contribution in [1.82, 2.24) is 20.3 Å². The zero-order valence-corrected chi connectivity index (χ0v) is 13.1. The number of aromatic nitrogens is 3. The molecule has 3 rings (SSSR count). The molecule has 0 saturated heterocycles. The van der Waals surface area contributed by atoms with Crippen LogP contribution in [0.3, 0.4) is 0 Å². The van der Waals surface area contributed by atoms with Crippen LogP contribution in [0.5, 0.6) is 0 Å². The standard InChI is InChI=1S/C18H14F2N4O/c19-14-4-3-12(15(20)9-14)8-17(25)24-11-16-18(23-7-6-22-16)13-2-1-5-21-10-13/h1-7,9-10H,8,11H2,(H,24,25).